The van der Waals surface area contributed by atoms with Crippen LogP contribution in [0.1, 0.15) is 13.8 Å². The Morgan fingerprint density at radius 3 is 2.88 bits per heavy atom. The third-order valence-corrected chi connectivity index (χ3v) is 3.92. The first kappa shape index (κ1) is 14.1. The number of imidazole rings is 1. The minimum atomic E-state index is -0.688. The minimum absolute atomic E-state index is 0.232. The number of aromatic nitrogens is 2. The predicted octanol–water partition coefficient (Wildman–Crippen LogP) is 1.05. The third-order valence-electron chi connectivity index (χ3n) is 2.54. The van der Waals surface area contributed by atoms with Crippen molar-refractivity contribution in [3.8, 4) is 0 Å². The summed E-state index contributed by atoms with van der Waals surface area (Å²) in [5.74, 6) is 0.344. The molecule has 0 saturated carbocycles. The Morgan fingerprint density at radius 1 is 1.71 bits per heavy atom. The number of hydrogen-bond donors (Lipinski definition) is 1. The highest BCUT2D eigenvalue weighted by molar-refractivity contribution is 7.99. The molecule has 0 fully saturated rings. The van der Waals surface area contributed by atoms with Crippen LogP contribution in [0.5, 0.6) is 0 Å². The summed E-state index contributed by atoms with van der Waals surface area (Å²) in [6, 6.07) is 0. The van der Waals surface area contributed by atoms with Crippen LogP contribution < -0.4 is 5.32 Å². The smallest absolute Gasteiger partial charge is 0.326 e. The maximum atomic E-state index is 11.8. The molecular weight excluding hydrogens is 238 g/mol. The van der Waals surface area contributed by atoms with Gasteiger partial charge in [-0.3, -0.25) is 4.79 Å². The van der Waals surface area contributed by atoms with E-state index in [9.17, 15) is 4.79 Å². The number of nitrogens with one attached hydrogen (secondary N) is 1. The molecule has 1 heterocycles. The van der Waals surface area contributed by atoms with Crippen molar-refractivity contribution in [3.63, 3.8) is 0 Å². The van der Waals surface area contributed by atoms with E-state index in [1.807, 2.05) is 24.7 Å². The summed E-state index contributed by atoms with van der Waals surface area (Å²) in [4.78, 5) is 16.0. The number of ether oxygens (including phenoxy) is 1. The molecule has 0 aliphatic heterocycles. The number of nitrogens with zero attached hydrogens (tertiary/aromatic N) is 2. The van der Waals surface area contributed by atoms with Crippen molar-refractivity contribution in [2.45, 2.75) is 24.5 Å². The largest absolute Gasteiger partial charge is 0.465 e. The van der Waals surface area contributed by atoms with Gasteiger partial charge in [0.15, 0.2) is 5.16 Å². The quantitative estimate of drug-likeness (QED) is 0.610. The molecule has 1 unspecified atom stereocenters. The second kappa shape index (κ2) is 6.07. The highest BCUT2D eigenvalue weighted by atomic mass is 32.2. The molecule has 0 spiro atoms. The van der Waals surface area contributed by atoms with Crippen molar-refractivity contribution in [2.24, 2.45) is 7.05 Å². The van der Waals surface area contributed by atoms with Crippen LogP contribution in [0, 0.1) is 0 Å². The summed E-state index contributed by atoms with van der Waals surface area (Å²) >= 11 is 1.53. The standard InChI is InChI=1S/C11H19N3O2S/c1-5-16-9(15)11(2,12-3)8-17-10-13-6-7-14(10)4/h6-7,12H,5,8H2,1-4H3. The maximum Gasteiger partial charge on any atom is 0.326 e. The second-order valence-corrected chi connectivity index (χ2v) is 4.85. The van der Waals surface area contributed by atoms with E-state index >= 15 is 0 Å². The number of carbonyl (C=O) groups is 1. The van der Waals surface area contributed by atoms with Gasteiger partial charge < -0.3 is 14.6 Å². The van der Waals surface area contributed by atoms with Gasteiger partial charge in [0.1, 0.15) is 5.54 Å². The number of carbonyl (C=O) groups excluding carboxylic acids is 1. The van der Waals surface area contributed by atoms with Crippen molar-refractivity contribution in [2.75, 3.05) is 19.4 Å². The highest BCUT2D eigenvalue weighted by Gasteiger charge is 2.33. The Labute approximate surface area is 106 Å². The first-order valence-corrected chi connectivity index (χ1v) is 6.48. The highest BCUT2D eigenvalue weighted by Crippen LogP contribution is 2.21. The molecule has 5 nitrogen and oxygen atoms in total. The van der Waals surface area contributed by atoms with Crippen LogP contribution in [0.3, 0.4) is 0 Å². The molecule has 17 heavy (non-hydrogen) atoms. The number of rotatable bonds is 6. The molecule has 1 atom stereocenters. The molecule has 1 N–H and O–H groups in total. The van der Waals surface area contributed by atoms with E-state index in [1.54, 1.807) is 20.2 Å². The fourth-order valence-electron chi connectivity index (χ4n) is 1.22. The van der Waals surface area contributed by atoms with Crippen molar-refractivity contribution in [3.05, 3.63) is 12.4 Å². The van der Waals surface area contributed by atoms with E-state index in [-0.39, 0.29) is 5.97 Å². The number of aryl methyl sites for hydroxylation is 1. The molecule has 0 bridgehead atoms. The van der Waals surface area contributed by atoms with Crippen LogP contribution in [0.4, 0.5) is 0 Å². The van der Waals surface area contributed by atoms with Crippen LogP contribution in [0.2, 0.25) is 0 Å². The molecule has 0 aliphatic rings. The van der Waals surface area contributed by atoms with Gasteiger partial charge in [-0.05, 0) is 20.9 Å². The first-order chi connectivity index (χ1) is 8.03. The molecule has 0 amide bonds. The first-order valence-electron chi connectivity index (χ1n) is 5.49. The molecule has 0 radical (unpaired) electrons. The van der Waals surface area contributed by atoms with E-state index in [4.69, 9.17) is 4.74 Å². The van der Waals surface area contributed by atoms with Crippen LogP contribution in [-0.4, -0.2) is 40.5 Å². The lowest BCUT2D eigenvalue weighted by Gasteiger charge is -2.25. The van der Waals surface area contributed by atoms with Crippen LogP contribution in [0.15, 0.2) is 17.6 Å². The van der Waals surface area contributed by atoms with Gasteiger partial charge >= 0.3 is 5.97 Å². The molecule has 0 aliphatic carbocycles. The molecular formula is C11H19N3O2S. The molecule has 1 aromatic heterocycles. The fourth-order valence-corrected chi connectivity index (χ4v) is 2.30. The Balaban J connectivity index is 2.63. The van der Waals surface area contributed by atoms with Gasteiger partial charge in [-0.2, -0.15) is 0 Å². The van der Waals surface area contributed by atoms with Gasteiger partial charge in [-0.25, -0.2) is 4.98 Å². The summed E-state index contributed by atoms with van der Waals surface area (Å²) < 4.78 is 6.98. The average Bonchev–Trinajstić information content (AvgIpc) is 2.72. The topological polar surface area (TPSA) is 56.1 Å². The Kier molecular flexibility index (Phi) is 5.02. The van der Waals surface area contributed by atoms with Gasteiger partial charge in [-0.15, -0.1) is 0 Å². The van der Waals surface area contributed by atoms with Crippen LogP contribution >= 0.6 is 11.8 Å². The summed E-state index contributed by atoms with van der Waals surface area (Å²) in [5.41, 5.74) is -0.688. The molecule has 96 valence electrons. The lowest BCUT2D eigenvalue weighted by atomic mass is 10.1. The molecule has 0 saturated heterocycles. The Hall–Kier alpha value is -1.01. The molecule has 6 heteroatoms. The maximum absolute atomic E-state index is 11.8. The summed E-state index contributed by atoms with van der Waals surface area (Å²) in [7, 11) is 3.69. The fraction of sp³-hybridized carbons (Fsp3) is 0.636. The van der Waals surface area contributed by atoms with Crippen LogP contribution in [-0.2, 0) is 16.6 Å². The zero-order valence-corrected chi connectivity index (χ0v) is 11.5. The van der Waals surface area contributed by atoms with E-state index in [0.29, 0.717) is 12.4 Å². The van der Waals surface area contributed by atoms with Gasteiger partial charge in [0.05, 0.1) is 6.61 Å². The average molecular weight is 257 g/mol. The second-order valence-electron chi connectivity index (χ2n) is 3.91. The lowest BCUT2D eigenvalue weighted by molar-refractivity contribution is -0.149. The summed E-state index contributed by atoms with van der Waals surface area (Å²) in [6.45, 7) is 4.03. The minimum Gasteiger partial charge on any atom is -0.465 e. The number of esters is 1. The van der Waals surface area contributed by atoms with Crippen molar-refractivity contribution >= 4 is 17.7 Å². The molecule has 0 aromatic carbocycles. The zero-order chi connectivity index (χ0) is 12.9. The van der Waals surface area contributed by atoms with Gasteiger partial charge in [-0.1, -0.05) is 11.8 Å². The number of thioether (sulfide) groups is 1. The van der Waals surface area contributed by atoms with Gasteiger partial charge in [0, 0.05) is 25.2 Å². The van der Waals surface area contributed by atoms with Crippen molar-refractivity contribution in [1.29, 1.82) is 0 Å². The monoisotopic (exact) mass is 257 g/mol. The van der Waals surface area contributed by atoms with E-state index < -0.39 is 5.54 Å². The SMILES string of the molecule is CCOC(=O)C(C)(CSc1nccn1C)NC. The zero-order valence-electron chi connectivity index (χ0n) is 10.7. The van der Waals surface area contributed by atoms with Crippen LogP contribution in [0.25, 0.3) is 0 Å². The molecule has 1 rings (SSSR count). The van der Waals surface area contributed by atoms with Gasteiger partial charge in [0.2, 0.25) is 0 Å². The van der Waals surface area contributed by atoms with E-state index in [0.717, 1.165) is 5.16 Å². The van der Waals surface area contributed by atoms with E-state index in [2.05, 4.69) is 10.3 Å². The number of hydrogen-bond acceptors (Lipinski definition) is 5. The van der Waals surface area contributed by atoms with Crippen molar-refractivity contribution in [1.82, 2.24) is 14.9 Å². The number of likely N-dealkylation sites (N-methyl/N-ethyl adjacent to an activating group) is 1. The summed E-state index contributed by atoms with van der Waals surface area (Å²) in [5, 5.41) is 3.90. The summed E-state index contributed by atoms with van der Waals surface area (Å²) in [6.07, 6.45) is 3.62. The van der Waals surface area contributed by atoms with Gasteiger partial charge in [0.25, 0.3) is 0 Å². The van der Waals surface area contributed by atoms with E-state index in [1.165, 1.54) is 11.8 Å². The van der Waals surface area contributed by atoms with Crippen molar-refractivity contribution < 1.29 is 9.53 Å². The predicted molar refractivity (Wildman–Crippen MR) is 68.0 cm³/mol. The molecule has 1 aromatic rings. The Morgan fingerprint density at radius 2 is 2.41 bits per heavy atom. The lowest BCUT2D eigenvalue weighted by Crippen LogP contribution is -2.50. The normalized spacial score (nSPS) is 14.4. The Bertz CT molecular complexity index is 381. The third kappa shape index (κ3) is 3.47.